The van der Waals surface area contributed by atoms with Crippen molar-refractivity contribution in [2.45, 2.75) is 30.2 Å². The molecule has 0 aliphatic carbocycles. The van der Waals surface area contributed by atoms with Crippen molar-refractivity contribution < 1.29 is 18.0 Å². The topological polar surface area (TPSA) is 90.0 Å². The number of likely N-dealkylation sites (N-methyl/N-ethyl adjacent to an activating group) is 1. The van der Waals surface area contributed by atoms with Gasteiger partial charge in [-0.3, -0.25) is 9.59 Å². The molecule has 2 amide bonds. The van der Waals surface area contributed by atoms with Gasteiger partial charge in [-0.25, -0.2) is 8.42 Å². The molecule has 1 unspecified atom stereocenters. The van der Waals surface area contributed by atoms with Crippen LogP contribution in [0.4, 0.5) is 0 Å². The van der Waals surface area contributed by atoms with E-state index in [4.69, 9.17) is 0 Å². The number of carbonyl (C=O) groups excluding carboxylic acids is 2. The van der Waals surface area contributed by atoms with Gasteiger partial charge in [-0.2, -0.15) is 16.5 Å². The summed E-state index contributed by atoms with van der Waals surface area (Å²) >= 11 is 1.58. The number of carbonyl (C=O) groups is 2. The van der Waals surface area contributed by atoms with Crippen LogP contribution in [0.25, 0.3) is 0 Å². The van der Waals surface area contributed by atoms with Crippen molar-refractivity contribution in [3.63, 3.8) is 0 Å². The molecular weight excluding hydrogens is 448 g/mol. The second-order valence-electron chi connectivity index (χ2n) is 8.50. The van der Waals surface area contributed by atoms with Crippen molar-refractivity contribution in [3.8, 4) is 0 Å². The second kappa shape index (κ2) is 11.5. The van der Waals surface area contributed by atoms with Crippen LogP contribution in [-0.2, 0) is 19.6 Å². The summed E-state index contributed by atoms with van der Waals surface area (Å²) < 4.78 is 28.2. The Bertz CT molecular complexity index is 865. The van der Waals surface area contributed by atoms with Crippen LogP contribution >= 0.6 is 11.8 Å². The Hall–Kier alpha value is -1.62. The van der Waals surface area contributed by atoms with E-state index in [0.717, 1.165) is 26.2 Å². The van der Waals surface area contributed by atoms with Crippen LogP contribution in [0.15, 0.2) is 35.2 Å². The van der Waals surface area contributed by atoms with Gasteiger partial charge >= 0.3 is 0 Å². The maximum absolute atomic E-state index is 13.2. The van der Waals surface area contributed by atoms with Crippen LogP contribution in [0.2, 0.25) is 0 Å². The first-order valence-electron chi connectivity index (χ1n) is 11.1. The fraction of sp³-hybridized carbons (Fsp3) is 0.636. The maximum atomic E-state index is 13.2. The van der Waals surface area contributed by atoms with E-state index in [1.54, 1.807) is 34.9 Å². The van der Waals surface area contributed by atoms with E-state index >= 15 is 0 Å². The summed E-state index contributed by atoms with van der Waals surface area (Å²) in [6.45, 7) is 4.25. The number of hydrogen-bond donors (Lipinski definition) is 1. The van der Waals surface area contributed by atoms with E-state index in [9.17, 15) is 18.0 Å². The highest BCUT2D eigenvalue weighted by atomic mass is 32.2. The quantitative estimate of drug-likeness (QED) is 0.597. The van der Waals surface area contributed by atoms with Gasteiger partial charge in [0.25, 0.3) is 0 Å². The Morgan fingerprint density at radius 3 is 2.25 bits per heavy atom. The molecule has 0 saturated carbocycles. The van der Waals surface area contributed by atoms with Gasteiger partial charge in [-0.05, 0) is 50.5 Å². The number of thioether (sulfide) groups is 1. The first kappa shape index (κ1) is 25.0. The lowest BCUT2D eigenvalue weighted by atomic mass is 9.94. The normalized spacial score (nSPS) is 19.7. The van der Waals surface area contributed by atoms with E-state index in [2.05, 4.69) is 16.7 Å². The molecule has 1 N–H and O–H groups in total. The summed E-state index contributed by atoms with van der Waals surface area (Å²) in [7, 11) is -1.73. The molecule has 1 atom stereocenters. The van der Waals surface area contributed by atoms with Crippen LogP contribution < -0.4 is 4.72 Å². The maximum Gasteiger partial charge on any atom is 0.241 e. The SMILES string of the molecule is CSCCC(NS(=O)(=O)c1ccccc1)C(=O)N1CCC(C(=O)N2CCN(C)CC2)CC1. The molecule has 2 fully saturated rings. The number of likely N-dealkylation sites (tertiary alicyclic amines) is 1. The van der Waals surface area contributed by atoms with Crippen molar-refractivity contribution in [1.29, 1.82) is 0 Å². The van der Waals surface area contributed by atoms with Crippen molar-refractivity contribution in [2.24, 2.45) is 5.92 Å². The molecular formula is C22H34N4O4S2. The van der Waals surface area contributed by atoms with Gasteiger partial charge in [-0.15, -0.1) is 0 Å². The third-order valence-corrected chi connectivity index (χ3v) is 8.36. The summed E-state index contributed by atoms with van der Waals surface area (Å²) in [5.41, 5.74) is 0. The molecule has 2 saturated heterocycles. The van der Waals surface area contributed by atoms with E-state index in [0.29, 0.717) is 38.1 Å². The Morgan fingerprint density at radius 2 is 1.66 bits per heavy atom. The van der Waals surface area contributed by atoms with Gasteiger partial charge in [0.2, 0.25) is 21.8 Å². The van der Waals surface area contributed by atoms with Crippen molar-refractivity contribution >= 4 is 33.6 Å². The highest BCUT2D eigenvalue weighted by Gasteiger charge is 2.34. The first-order valence-corrected chi connectivity index (χ1v) is 14.0. The molecule has 1 aromatic carbocycles. The third kappa shape index (κ3) is 6.46. The number of piperidine rings is 1. The monoisotopic (exact) mass is 482 g/mol. The molecule has 8 nitrogen and oxygen atoms in total. The fourth-order valence-electron chi connectivity index (χ4n) is 4.18. The highest BCUT2D eigenvalue weighted by Crippen LogP contribution is 2.22. The fourth-order valence-corrected chi connectivity index (χ4v) is 5.89. The lowest BCUT2D eigenvalue weighted by Gasteiger charge is -2.38. The minimum absolute atomic E-state index is 0.0619. The van der Waals surface area contributed by atoms with Crippen LogP contribution in [0.5, 0.6) is 0 Å². The second-order valence-corrected chi connectivity index (χ2v) is 11.2. The lowest BCUT2D eigenvalue weighted by Crippen LogP contribution is -2.53. The van der Waals surface area contributed by atoms with Crippen LogP contribution in [0.1, 0.15) is 19.3 Å². The van der Waals surface area contributed by atoms with E-state index in [-0.39, 0.29) is 22.6 Å². The smallest absolute Gasteiger partial charge is 0.241 e. The highest BCUT2D eigenvalue weighted by molar-refractivity contribution is 7.98. The molecule has 0 bridgehead atoms. The Kier molecular flexibility index (Phi) is 8.98. The molecule has 0 spiro atoms. The van der Waals surface area contributed by atoms with E-state index in [1.165, 1.54) is 12.1 Å². The molecule has 10 heteroatoms. The number of rotatable bonds is 8. The predicted molar refractivity (Wildman–Crippen MR) is 127 cm³/mol. The van der Waals surface area contributed by atoms with Gasteiger partial charge in [0.05, 0.1) is 4.90 Å². The zero-order chi connectivity index (χ0) is 23.1. The summed E-state index contributed by atoms with van der Waals surface area (Å²) in [4.78, 5) is 32.1. The van der Waals surface area contributed by atoms with Crippen molar-refractivity contribution in [2.75, 3.05) is 58.3 Å². The minimum atomic E-state index is -3.79. The largest absolute Gasteiger partial charge is 0.341 e. The summed E-state index contributed by atoms with van der Waals surface area (Å²) in [5.74, 6) is 0.595. The number of benzene rings is 1. The van der Waals surface area contributed by atoms with Crippen molar-refractivity contribution in [1.82, 2.24) is 19.4 Å². The number of sulfonamides is 1. The average molecular weight is 483 g/mol. The number of hydrogen-bond acceptors (Lipinski definition) is 6. The average Bonchev–Trinajstić information content (AvgIpc) is 2.82. The first-order chi connectivity index (χ1) is 15.3. The third-order valence-electron chi connectivity index (χ3n) is 6.23. The molecule has 2 heterocycles. The summed E-state index contributed by atoms with van der Waals surface area (Å²) in [6.07, 6.45) is 3.60. The number of nitrogens with one attached hydrogen (secondary N) is 1. The molecule has 178 valence electrons. The Balaban J connectivity index is 1.59. The van der Waals surface area contributed by atoms with Gasteiger partial charge in [0, 0.05) is 45.2 Å². The van der Waals surface area contributed by atoms with E-state index < -0.39 is 16.1 Å². The number of amides is 2. The molecule has 2 aliphatic heterocycles. The van der Waals surface area contributed by atoms with Crippen LogP contribution in [0, 0.1) is 5.92 Å². The van der Waals surface area contributed by atoms with Crippen LogP contribution in [-0.4, -0.2) is 99.3 Å². The van der Waals surface area contributed by atoms with Gasteiger partial charge in [0.15, 0.2) is 0 Å². The zero-order valence-corrected chi connectivity index (χ0v) is 20.5. The van der Waals surface area contributed by atoms with E-state index in [1.807, 2.05) is 11.2 Å². The molecule has 3 rings (SSSR count). The van der Waals surface area contributed by atoms with Crippen LogP contribution in [0.3, 0.4) is 0 Å². The Labute approximate surface area is 195 Å². The molecule has 0 aromatic heterocycles. The van der Waals surface area contributed by atoms with Gasteiger partial charge < -0.3 is 14.7 Å². The summed E-state index contributed by atoms with van der Waals surface area (Å²) in [5, 5.41) is 0. The molecule has 2 aliphatic rings. The summed E-state index contributed by atoms with van der Waals surface area (Å²) in [6, 6.07) is 7.31. The minimum Gasteiger partial charge on any atom is -0.341 e. The number of nitrogens with zero attached hydrogens (tertiary/aromatic N) is 3. The Morgan fingerprint density at radius 1 is 1.03 bits per heavy atom. The van der Waals surface area contributed by atoms with Crippen molar-refractivity contribution in [3.05, 3.63) is 30.3 Å². The molecule has 1 aromatic rings. The zero-order valence-electron chi connectivity index (χ0n) is 18.9. The number of piperazine rings is 1. The molecule has 0 radical (unpaired) electrons. The molecule has 32 heavy (non-hydrogen) atoms. The standard InChI is InChI=1S/C22H34N4O4S2/c1-24-13-15-26(16-14-24)21(27)18-8-11-25(12-9-18)22(28)20(10-17-31-2)23-32(29,30)19-6-4-3-5-7-19/h3-7,18,20,23H,8-17H2,1-2H3. The van der Waals surface area contributed by atoms with Gasteiger partial charge in [-0.1, -0.05) is 18.2 Å². The van der Waals surface area contributed by atoms with Gasteiger partial charge in [0.1, 0.15) is 6.04 Å². The lowest BCUT2D eigenvalue weighted by molar-refractivity contribution is -0.142. The predicted octanol–water partition coefficient (Wildman–Crippen LogP) is 1.10.